The van der Waals surface area contributed by atoms with Gasteiger partial charge in [0.1, 0.15) is 0 Å². The van der Waals surface area contributed by atoms with Crippen molar-refractivity contribution in [2.75, 3.05) is 0 Å². The Bertz CT molecular complexity index is 588. The monoisotopic (exact) mass is 334 g/mol. The average Bonchev–Trinajstić information content (AvgIpc) is 2.48. The predicted molar refractivity (Wildman–Crippen MR) is 93.7 cm³/mol. The molecule has 0 bridgehead atoms. The molecule has 2 aliphatic carbocycles. The van der Waals surface area contributed by atoms with Crippen molar-refractivity contribution < 1.29 is 19.8 Å². The smallest absolute Gasteiger partial charge is 0.331 e. The first-order chi connectivity index (χ1) is 11.1. The van der Waals surface area contributed by atoms with Crippen molar-refractivity contribution in [1.82, 2.24) is 0 Å². The molecule has 4 heteroatoms. The second-order valence-corrected chi connectivity index (χ2v) is 8.24. The van der Waals surface area contributed by atoms with Gasteiger partial charge in [0.25, 0.3) is 0 Å². The molecule has 134 valence electrons. The Morgan fingerprint density at radius 1 is 1.29 bits per heavy atom. The summed E-state index contributed by atoms with van der Waals surface area (Å²) < 4.78 is 0. The Morgan fingerprint density at radius 3 is 2.54 bits per heavy atom. The zero-order chi connectivity index (χ0) is 18.1. The van der Waals surface area contributed by atoms with Gasteiger partial charge in [-0.15, -0.1) is 0 Å². The lowest BCUT2D eigenvalue weighted by atomic mass is 9.46. The number of carboxylic acid groups (broad SMARTS) is 2. The van der Waals surface area contributed by atoms with E-state index in [0.717, 1.165) is 44.1 Å². The van der Waals surface area contributed by atoms with Crippen LogP contribution >= 0.6 is 0 Å². The summed E-state index contributed by atoms with van der Waals surface area (Å²) in [5, 5.41) is 18.6. The van der Waals surface area contributed by atoms with Crippen LogP contribution in [0.2, 0.25) is 0 Å². The van der Waals surface area contributed by atoms with Gasteiger partial charge in [-0.2, -0.15) is 0 Å². The highest BCUT2D eigenvalue weighted by Crippen LogP contribution is 2.62. The van der Waals surface area contributed by atoms with Crippen LogP contribution in [0, 0.1) is 22.7 Å². The Hall–Kier alpha value is -1.58. The second kappa shape index (κ2) is 6.73. The van der Waals surface area contributed by atoms with Gasteiger partial charge >= 0.3 is 11.9 Å². The van der Waals surface area contributed by atoms with E-state index in [4.69, 9.17) is 5.11 Å². The first kappa shape index (κ1) is 18.8. The largest absolute Gasteiger partial charge is 0.478 e. The molecule has 1 saturated carbocycles. The van der Waals surface area contributed by atoms with Crippen LogP contribution in [0.1, 0.15) is 66.2 Å². The van der Waals surface area contributed by atoms with Crippen molar-refractivity contribution >= 4 is 11.9 Å². The topological polar surface area (TPSA) is 74.6 Å². The Morgan fingerprint density at radius 2 is 1.96 bits per heavy atom. The summed E-state index contributed by atoms with van der Waals surface area (Å²) in [6.45, 7) is 8.56. The third-order valence-electron chi connectivity index (χ3n) is 6.86. The van der Waals surface area contributed by atoms with E-state index in [1.807, 2.05) is 13.0 Å². The standard InChI is InChI=1S/C20H30O4/c1-13(12-17(21)22)8-10-19(3)14(2)9-11-20(4)15(18(23)24)6-5-7-16(19)20/h6,12,14,16H,5,7-11H2,1-4H3,(H,21,22)(H,23,24)/b13-12-/t14-,16-,19+,20+/m1/s1. The first-order valence-electron chi connectivity index (χ1n) is 8.95. The fourth-order valence-electron chi connectivity index (χ4n) is 5.19. The molecule has 4 atom stereocenters. The SMILES string of the molecule is C/C(=C/C(=O)O)CC[C@@]1(C)[C@H](C)CC[C@@]2(C)C(C(=O)O)=CCC[C@H]12. The van der Waals surface area contributed by atoms with Crippen molar-refractivity contribution in [1.29, 1.82) is 0 Å². The van der Waals surface area contributed by atoms with Gasteiger partial charge in [-0.05, 0) is 62.7 Å². The lowest BCUT2D eigenvalue weighted by Crippen LogP contribution is -2.51. The van der Waals surface area contributed by atoms with Gasteiger partial charge < -0.3 is 10.2 Å². The highest BCUT2D eigenvalue weighted by atomic mass is 16.4. The number of rotatable bonds is 5. The molecule has 0 aromatic heterocycles. The fraction of sp³-hybridized carbons (Fsp3) is 0.700. The lowest BCUT2D eigenvalue weighted by Gasteiger charge is -2.57. The Kier molecular flexibility index (Phi) is 5.26. The summed E-state index contributed by atoms with van der Waals surface area (Å²) in [6.07, 6.45) is 8.68. The number of fused-ring (bicyclic) bond motifs is 1. The van der Waals surface area contributed by atoms with Crippen LogP contribution in [-0.2, 0) is 9.59 Å². The number of hydrogen-bond donors (Lipinski definition) is 2. The Labute approximate surface area is 144 Å². The zero-order valence-electron chi connectivity index (χ0n) is 15.3. The number of hydrogen-bond acceptors (Lipinski definition) is 2. The highest BCUT2D eigenvalue weighted by molar-refractivity contribution is 5.88. The molecule has 0 spiro atoms. The first-order valence-corrected chi connectivity index (χ1v) is 8.95. The van der Waals surface area contributed by atoms with Crippen LogP contribution in [0.3, 0.4) is 0 Å². The van der Waals surface area contributed by atoms with Crippen molar-refractivity contribution in [2.24, 2.45) is 22.7 Å². The molecule has 0 saturated heterocycles. The van der Waals surface area contributed by atoms with E-state index in [2.05, 4.69) is 20.8 Å². The van der Waals surface area contributed by atoms with E-state index < -0.39 is 11.9 Å². The van der Waals surface area contributed by atoms with Crippen LogP contribution in [0.15, 0.2) is 23.3 Å². The minimum absolute atomic E-state index is 0.0373. The van der Waals surface area contributed by atoms with Gasteiger partial charge in [0.15, 0.2) is 0 Å². The van der Waals surface area contributed by atoms with Gasteiger partial charge in [0, 0.05) is 17.1 Å². The molecule has 0 aromatic carbocycles. The summed E-state index contributed by atoms with van der Waals surface area (Å²) in [7, 11) is 0. The van der Waals surface area contributed by atoms with Crippen molar-refractivity contribution in [3.63, 3.8) is 0 Å². The normalized spacial score (nSPS) is 36.7. The zero-order valence-corrected chi connectivity index (χ0v) is 15.3. The van der Waals surface area contributed by atoms with Gasteiger partial charge in [-0.3, -0.25) is 0 Å². The summed E-state index contributed by atoms with van der Waals surface area (Å²) in [4.78, 5) is 22.6. The average molecular weight is 334 g/mol. The maximum atomic E-state index is 11.8. The van der Waals surface area contributed by atoms with Crippen molar-refractivity contribution in [3.05, 3.63) is 23.3 Å². The number of allylic oxidation sites excluding steroid dienone is 2. The quantitative estimate of drug-likeness (QED) is 0.717. The molecule has 1 fully saturated rings. The van der Waals surface area contributed by atoms with E-state index in [1.165, 1.54) is 6.08 Å². The minimum atomic E-state index is -0.895. The molecule has 0 aliphatic heterocycles. The molecule has 0 unspecified atom stereocenters. The van der Waals surface area contributed by atoms with Gasteiger partial charge in [0.2, 0.25) is 0 Å². The predicted octanol–water partition coefficient (Wildman–Crippen LogP) is 4.66. The molecule has 2 rings (SSSR count). The molecule has 2 N–H and O–H groups in total. The Balaban J connectivity index is 2.29. The van der Waals surface area contributed by atoms with E-state index in [1.54, 1.807) is 0 Å². The van der Waals surface area contributed by atoms with Crippen LogP contribution in [0.4, 0.5) is 0 Å². The maximum Gasteiger partial charge on any atom is 0.331 e. The van der Waals surface area contributed by atoms with Crippen LogP contribution < -0.4 is 0 Å². The van der Waals surface area contributed by atoms with Crippen molar-refractivity contribution in [3.8, 4) is 0 Å². The van der Waals surface area contributed by atoms with Crippen LogP contribution in [0.5, 0.6) is 0 Å². The minimum Gasteiger partial charge on any atom is -0.478 e. The van der Waals surface area contributed by atoms with E-state index in [9.17, 15) is 14.7 Å². The number of carbonyl (C=O) groups is 2. The molecule has 0 aromatic rings. The van der Waals surface area contributed by atoms with E-state index in [-0.39, 0.29) is 10.8 Å². The van der Waals surface area contributed by atoms with E-state index >= 15 is 0 Å². The summed E-state index contributed by atoms with van der Waals surface area (Å²) in [6, 6.07) is 0. The van der Waals surface area contributed by atoms with Crippen LogP contribution in [-0.4, -0.2) is 22.2 Å². The fourth-order valence-corrected chi connectivity index (χ4v) is 5.19. The summed E-state index contributed by atoms with van der Waals surface area (Å²) in [5.74, 6) is -0.821. The molecular weight excluding hydrogens is 304 g/mol. The summed E-state index contributed by atoms with van der Waals surface area (Å²) >= 11 is 0. The van der Waals surface area contributed by atoms with Crippen LogP contribution in [0.25, 0.3) is 0 Å². The molecule has 24 heavy (non-hydrogen) atoms. The molecule has 4 nitrogen and oxygen atoms in total. The molecule has 0 amide bonds. The van der Waals surface area contributed by atoms with E-state index in [0.29, 0.717) is 17.4 Å². The molecule has 0 radical (unpaired) electrons. The van der Waals surface area contributed by atoms with Gasteiger partial charge in [0.05, 0.1) is 0 Å². The maximum absolute atomic E-state index is 11.8. The molecule has 0 heterocycles. The molecule has 2 aliphatic rings. The number of aliphatic carboxylic acids is 2. The molecular formula is C20H30O4. The highest BCUT2D eigenvalue weighted by Gasteiger charge is 2.55. The number of carboxylic acids is 2. The van der Waals surface area contributed by atoms with Gasteiger partial charge in [-0.1, -0.05) is 32.4 Å². The second-order valence-electron chi connectivity index (χ2n) is 8.24. The van der Waals surface area contributed by atoms with Gasteiger partial charge in [-0.25, -0.2) is 9.59 Å². The lowest BCUT2D eigenvalue weighted by molar-refractivity contribution is -0.137. The third kappa shape index (κ3) is 3.28. The third-order valence-corrected chi connectivity index (χ3v) is 6.86. The summed E-state index contributed by atoms with van der Waals surface area (Å²) in [5.41, 5.74) is 1.24. The van der Waals surface area contributed by atoms with Crippen molar-refractivity contribution in [2.45, 2.75) is 66.2 Å².